The van der Waals surface area contributed by atoms with Gasteiger partial charge in [0.25, 0.3) is 0 Å². The fourth-order valence-electron chi connectivity index (χ4n) is 2.34. The Bertz CT molecular complexity index is 419. The lowest BCUT2D eigenvalue weighted by Gasteiger charge is -2.24. The summed E-state index contributed by atoms with van der Waals surface area (Å²) in [6.07, 6.45) is 6.76. The first-order valence-electron chi connectivity index (χ1n) is 6.98. The summed E-state index contributed by atoms with van der Waals surface area (Å²) < 4.78 is 19.0. The van der Waals surface area contributed by atoms with Gasteiger partial charge in [0.15, 0.2) is 0 Å². The predicted octanol–water partition coefficient (Wildman–Crippen LogP) is 3.86. The van der Waals surface area contributed by atoms with Crippen molar-refractivity contribution in [3.8, 4) is 0 Å². The molecule has 3 heteroatoms. The van der Waals surface area contributed by atoms with Crippen LogP contribution in [-0.4, -0.2) is 19.8 Å². The van der Waals surface area contributed by atoms with E-state index in [1.807, 2.05) is 6.07 Å². The average Bonchev–Trinajstić information content (AvgIpc) is 2.42. The molecule has 19 heavy (non-hydrogen) atoms. The Balaban J connectivity index is 1.62. The summed E-state index contributed by atoms with van der Waals surface area (Å²) in [6.45, 7) is 4.32. The molecule has 0 amide bonds. The number of halogens is 1. The third-order valence-electron chi connectivity index (χ3n) is 3.69. The van der Waals surface area contributed by atoms with E-state index in [0.29, 0.717) is 30.7 Å². The van der Waals surface area contributed by atoms with Crippen molar-refractivity contribution in [2.75, 3.05) is 25.1 Å². The van der Waals surface area contributed by atoms with Crippen molar-refractivity contribution in [1.29, 1.82) is 0 Å². The van der Waals surface area contributed by atoms with Crippen molar-refractivity contribution in [2.45, 2.75) is 19.8 Å². The van der Waals surface area contributed by atoms with Gasteiger partial charge in [-0.2, -0.15) is 0 Å². The van der Waals surface area contributed by atoms with Crippen LogP contribution in [0.5, 0.6) is 0 Å². The van der Waals surface area contributed by atoms with E-state index in [1.54, 1.807) is 12.1 Å². The quantitative estimate of drug-likeness (QED) is 0.621. The van der Waals surface area contributed by atoms with E-state index in [-0.39, 0.29) is 5.82 Å². The van der Waals surface area contributed by atoms with Crippen LogP contribution in [0.2, 0.25) is 0 Å². The highest BCUT2D eigenvalue weighted by atomic mass is 19.1. The molecule has 104 valence electrons. The number of rotatable bonds is 6. The van der Waals surface area contributed by atoms with Crippen LogP contribution in [0.1, 0.15) is 19.8 Å². The zero-order valence-electron chi connectivity index (χ0n) is 11.4. The minimum atomic E-state index is -0.214. The second kappa shape index (κ2) is 7.29. The molecule has 1 aromatic carbocycles. The summed E-state index contributed by atoms with van der Waals surface area (Å²) in [5.74, 6) is 1.11. The SMILES string of the molecule is CC1CC=CCC1COCCNc1ccccc1F. The first-order chi connectivity index (χ1) is 9.27. The van der Waals surface area contributed by atoms with E-state index in [1.165, 1.54) is 6.07 Å². The molecule has 1 N–H and O–H groups in total. The normalized spacial score (nSPS) is 22.4. The average molecular weight is 263 g/mol. The van der Waals surface area contributed by atoms with Gasteiger partial charge in [0.1, 0.15) is 5.82 Å². The minimum Gasteiger partial charge on any atom is -0.380 e. The van der Waals surface area contributed by atoms with Gasteiger partial charge in [-0.25, -0.2) is 4.39 Å². The lowest BCUT2D eigenvalue weighted by molar-refractivity contribution is 0.0860. The topological polar surface area (TPSA) is 21.3 Å². The summed E-state index contributed by atoms with van der Waals surface area (Å²) in [4.78, 5) is 0. The van der Waals surface area contributed by atoms with Gasteiger partial charge in [0, 0.05) is 6.54 Å². The van der Waals surface area contributed by atoms with E-state index in [9.17, 15) is 4.39 Å². The summed E-state index contributed by atoms with van der Waals surface area (Å²) >= 11 is 0. The van der Waals surface area contributed by atoms with Crippen molar-refractivity contribution < 1.29 is 9.13 Å². The molecule has 0 fully saturated rings. The fourth-order valence-corrected chi connectivity index (χ4v) is 2.34. The molecular weight excluding hydrogens is 241 g/mol. The molecule has 2 nitrogen and oxygen atoms in total. The van der Waals surface area contributed by atoms with Crippen LogP contribution in [0, 0.1) is 17.7 Å². The molecule has 0 saturated heterocycles. The lowest BCUT2D eigenvalue weighted by atomic mass is 9.85. The molecule has 2 atom stereocenters. The van der Waals surface area contributed by atoms with Gasteiger partial charge in [0.05, 0.1) is 18.9 Å². The van der Waals surface area contributed by atoms with Gasteiger partial charge in [-0.1, -0.05) is 31.2 Å². The fraction of sp³-hybridized carbons (Fsp3) is 0.500. The number of nitrogens with one attached hydrogen (secondary N) is 1. The van der Waals surface area contributed by atoms with Crippen LogP contribution in [0.15, 0.2) is 36.4 Å². The summed E-state index contributed by atoms with van der Waals surface area (Å²) in [5.41, 5.74) is 0.542. The Hall–Kier alpha value is -1.35. The second-order valence-corrected chi connectivity index (χ2v) is 5.16. The molecule has 0 aliphatic heterocycles. The van der Waals surface area contributed by atoms with E-state index in [0.717, 1.165) is 19.4 Å². The maximum atomic E-state index is 13.3. The van der Waals surface area contributed by atoms with Crippen LogP contribution in [-0.2, 0) is 4.74 Å². The third kappa shape index (κ3) is 4.35. The van der Waals surface area contributed by atoms with Crippen molar-refractivity contribution in [1.82, 2.24) is 0 Å². The van der Waals surface area contributed by atoms with Crippen LogP contribution in [0.25, 0.3) is 0 Å². The first kappa shape index (κ1) is 14.1. The largest absolute Gasteiger partial charge is 0.380 e. The molecule has 2 rings (SSSR count). The number of anilines is 1. The molecule has 0 heterocycles. The van der Waals surface area contributed by atoms with Crippen LogP contribution in [0.4, 0.5) is 10.1 Å². The molecule has 1 aliphatic rings. The summed E-state index contributed by atoms with van der Waals surface area (Å²) in [6, 6.07) is 6.71. The van der Waals surface area contributed by atoms with Gasteiger partial charge in [0.2, 0.25) is 0 Å². The Morgan fingerprint density at radius 2 is 2.05 bits per heavy atom. The van der Waals surface area contributed by atoms with E-state index >= 15 is 0 Å². The molecule has 0 saturated carbocycles. The van der Waals surface area contributed by atoms with Crippen molar-refractivity contribution in [3.63, 3.8) is 0 Å². The highest BCUT2D eigenvalue weighted by molar-refractivity contribution is 5.44. The minimum absolute atomic E-state index is 0.214. The zero-order valence-corrected chi connectivity index (χ0v) is 11.4. The van der Waals surface area contributed by atoms with Gasteiger partial charge in [-0.3, -0.25) is 0 Å². The molecule has 0 radical (unpaired) electrons. The number of hydrogen-bond donors (Lipinski definition) is 1. The van der Waals surface area contributed by atoms with Crippen LogP contribution in [0.3, 0.4) is 0 Å². The maximum Gasteiger partial charge on any atom is 0.146 e. The Kier molecular flexibility index (Phi) is 5.40. The van der Waals surface area contributed by atoms with E-state index < -0.39 is 0 Å². The summed E-state index contributed by atoms with van der Waals surface area (Å²) in [7, 11) is 0. The van der Waals surface area contributed by atoms with Crippen molar-refractivity contribution in [3.05, 3.63) is 42.2 Å². The van der Waals surface area contributed by atoms with E-state index in [2.05, 4.69) is 24.4 Å². The van der Waals surface area contributed by atoms with Gasteiger partial charge < -0.3 is 10.1 Å². The molecule has 0 aromatic heterocycles. The number of benzene rings is 1. The summed E-state index contributed by atoms with van der Waals surface area (Å²) in [5, 5.41) is 3.05. The maximum absolute atomic E-state index is 13.3. The number of para-hydroxylation sites is 1. The standard InChI is InChI=1S/C16H22FNO/c1-13-6-2-3-7-14(13)12-19-11-10-18-16-9-5-4-8-15(16)17/h2-5,8-9,13-14,18H,6-7,10-12H2,1H3. The zero-order chi connectivity index (χ0) is 13.5. The smallest absolute Gasteiger partial charge is 0.146 e. The molecular formula is C16H22FNO. The predicted molar refractivity (Wildman–Crippen MR) is 76.7 cm³/mol. The Morgan fingerprint density at radius 3 is 2.84 bits per heavy atom. The van der Waals surface area contributed by atoms with Gasteiger partial charge >= 0.3 is 0 Å². The second-order valence-electron chi connectivity index (χ2n) is 5.16. The molecule has 1 aromatic rings. The lowest BCUT2D eigenvalue weighted by Crippen LogP contribution is -2.21. The van der Waals surface area contributed by atoms with Crippen LogP contribution >= 0.6 is 0 Å². The molecule has 0 bridgehead atoms. The number of hydrogen-bond acceptors (Lipinski definition) is 2. The Labute approximate surface area is 114 Å². The highest BCUT2D eigenvalue weighted by Gasteiger charge is 2.17. The van der Waals surface area contributed by atoms with Gasteiger partial charge in [-0.15, -0.1) is 0 Å². The third-order valence-corrected chi connectivity index (χ3v) is 3.69. The number of ether oxygens (including phenoxy) is 1. The highest BCUT2D eigenvalue weighted by Crippen LogP contribution is 2.24. The van der Waals surface area contributed by atoms with Gasteiger partial charge in [-0.05, 0) is 36.8 Å². The van der Waals surface area contributed by atoms with Crippen LogP contribution < -0.4 is 5.32 Å². The molecule has 1 aliphatic carbocycles. The van der Waals surface area contributed by atoms with Crippen molar-refractivity contribution >= 4 is 5.69 Å². The van der Waals surface area contributed by atoms with Crippen molar-refractivity contribution in [2.24, 2.45) is 11.8 Å². The molecule has 0 spiro atoms. The molecule has 2 unspecified atom stereocenters. The number of allylic oxidation sites excluding steroid dienone is 2. The first-order valence-corrected chi connectivity index (χ1v) is 6.98. The van der Waals surface area contributed by atoms with E-state index in [4.69, 9.17) is 4.74 Å². The monoisotopic (exact) mass is 263 g/mol. The Morgan fingerprint density at radius 1 is 1.26 bits per heavy atom.